The summed E-state index contributed by atoms with van der Waals surface area (Å²) in [6, 6.07) is 0.892. The van der Waals surface area contributed by atoms with Crippen LogP contribution in [-0.4, -0.2) is 48.6 Å². The zero-order valence-electron chi connectivity index (χ0n) is 13.3. The predicted octanol–water partition coefficient (Wildman–Crippen LogP) is 3.54. The summed E-state index contributed by atoms with van der Waals surface area (Å²) in [7, 11) is 0. The van der Waals surface area contributed by atoms with Crippen LogP contribution in [-0.2, 0) is 0 Å². The van der Waals surface area contributed by atoms with Crippen LogP contribution in [0.1, 0.15) is 51.9 Å². The van der Waals surface area contributed by atoms with Crippen LogP contribution in [0.3, 0.4) is 0 Å². The molecule has 3 atom stereocenters. The smallest absolute Gasteiger partial charge is 0.0122 e. The molecule has 3 unspecified atom stereocenters. The van der Waals surface area contributed by atoms with E-state index in [1.807, 2.05) is 0 Å². The third-order valence-electron chi connectivity index (χ3n) is 5.84. The minimum atomic E-state index is 0.892. The Morgan fingerprint density at radius 3 is 2.45 bits per heavy atom. The lowest BCUT2D eigenvalue weighted by Gasteiger charge is -2.44. The summed E-state index contributed by atoms with van der Waals surface area (Å²) in [4.78, 5) is 5.54. The fraction of sp³-hybridized carbons (Fsp3) is 0.889. The van der Waals surface area contributed by atoms with Crippen molar-refractivity contribution in [2.75, 3.05) is 32.7 Å². The Hall–Kier alpha value is -0.340. The first kappa shape index (κ1) is 14.6. The van der Waals surface area contributed by atoms with Gasteiger partial charge in [0.2, 0.25) is 0 Å². The van der Waals surface area contributed by atoms with E-state index in [-0.39, 0.29) is 0 Å². The second-order valence-electron chi connectivity index (χ2n) is 7.32. The minimum Gasteiger partial charge on any atom is -0.301 e. The lowest BCUT2D eigenvalue weighted by molar-refractivity contribution is 0.0481. The van der Waals surface area contributed by atoms with Crippen molar-refractivity contribution < 1.29 is 0 Å². The van der Waals surface area contributed by atoms with Gasteiger partial charge in [-0.05, 0) is 43.9 Å². The highest BCUT2D eigenvalue weighted by atomic mass is 15.3. The summed E-state index contributed by atoms with van der Waals surface area (Å²) in [6.07, 6.45) is 14.6. The van der Waals surface area contributed by atoms with E-state index in [0.717, 1.165) is 17.9 Å². The number of nitrogens with zero attached hydrogens (tertiary/aromatic N) is 2. The van der Waals surface area contributed by atoms with Crippen LogP contribution < -0.4 is 0 Å². The Morgan fingerprint density at radius 2 is 1.75 bits per heavy atom. The molecule has 20 heavy (non-hydrogen) atoms. The SMILES string of the molecule is CC1CCCCC1N1CCN(CC2CC=CCC2)CC1. The molecule has 2 nitrogen and oxygen atoms in total. The van der Waals surface area contributed by atoms with Gasteiger partial charge in [-0.15, -0.1) is 0 Å². The van der Waals surface area contributed by atoms with Crippen molar-refractivity contribution in [3.05, 3.63) is 12.2 Å². The van der Waals surface area contributed by atoms with E-state index in [2.05, 4.69) is 28.9 Å². The fourth-order valence-corrected chi connectivity index (χ4v) is 4.50. The van der Waals surface area contributed by atoms with Gasteiger partial charge in [0.25, 0.3) is 0 Å². The average molecular weight is 276 g/mol. The Morgan fingerprint density at radius 1 is 0.950 bits per heavy atom. The summed E-state index contributed by atoms with van der Waals surface area (Å²) >= 11 is 0. The van der Waals surface area contributed by atoms with Crippen LogP contribution in [0.25, 0.3) is 0 Å². The second kappa shape index (κ2) is 7.09. The predicted molar refractivity (Wildman–Crippen MR) is 85.9 cm³/mol. The molecule has 2 fully saturated rings. The van der Waals surface area contributed by atoms with Gasteiger partial charge in [-0.25, -0.2) is 0 Å². The molecular weight excluding hydrogens is 244 g/mol. The summed E-state index contributed by atoms with van der Waals surface area (Å²) in [5.41, 5.74) is 0. The van der Waals surface area contributed by atoms with Gasteiger partial charge in [-0.2, -0.15) is 0 Å². The minimum absolute atomic E-state index is 0.892. The van der Waals surface area contributed by atoms with Crippen molar-refractivity contribution in [3.63, 3.8) is 0 Å². The Balaban J connectivity index is 1.43. The summed E-state index contributed by atoms with van der Waals surface area (Å²) in [5, 5.41) is 0. The Bertz CT molecular complexity index is 317. The standard InChI is InChI=1S/C18H32N2/c1-16-7-5-6-10-18(16)20-13-11-19(12-14-20)15-17-8-3-2-4-9-17/h2-3,16-18H,4-15H2,1H3. The van der Waals surface area contributed by atoms with Crippen molar-refractivity contribution in [3.8, 4) is 0 Å². The Labute approximate surface area is 125 Å². The quantitative estimate of drug-likeness (QED) is 0.728. The highest BCUT2D eigenvalue weighted by Gasteiger charge is 2.29. The molecule has 0 aromatic heterocycles. The summed E-state index contributed by atoms with van der Waals surface area (Å²) in [6.45, 7) is 9.07. The number of piperazine rings is 1. The van der Waals surface area contributed by atoms with Crippen molar-refractivity contribution in [1.82, 2.24) is 9.80 Å². The van der Waals surface area contributed by atoms with Crippen molar-refractivity contribution in [2.24, 2.45) is 11.8 Å². The first-order valence-electron chi connectivity index (χ1n) is 8.94. The lowest BCUT2D eigenvalue weighted by Crippen LogP contribution is -2.53. The van der Waals surface area contributed by atoms with Crippen LogP contribution in [0.2, 0.25) is 0 Å². The van der Waals surface area contributed by atoms with Crippen molar-refractivity contribution >= 4 is 0 Å². The highest BCUT2D eigenvalue weighted by Crippen LogP contribution is 2.29. The van der Waals surface area contributed by atoms with Crippen molar-refractivity contribution in [1.29, 1.82) is 0 Å². The maximum absolute atomic E-state index is 2.81. The zero-order chi connectivity index (χ0) is 13.8. The molecule has 2 aliphatic carbocycles. The van der Waals surface area contributed by atoms with Crippen LogP contribution >= 0.6 is 0 Å². The number of rotatable bonds is 3. The largest absolute Gasteiger partial charge is 0.301 e. The first-order chi connectivity index (χ1) is 9.83. The van der Waals surface area contributed by atoms with Crippen molar-refractivity contribution in [2.45, 2.75) is 57.9 Å². The molecule has 1 aliphatic heterocycles. The molecule has 2 heteroatoms. The van der Waals surface area contributed by atoms with E-state index in [0.29, 0.717) is 0 Å². The maximum Gasteiger partial charge on any atom is 0.0122 e. The third kappa shape index (κ3) is 3.65. The lowest BCUT2D eigenvalue weighted by atomic mass is 9.84. The molecule has 0 spiro atoms. The number of hydrogen-bond donors (Lipinski definition) is 0. The van der Waals surface area contributed by atoms with E-state index in [4.69, 9.17) is 0 Å². The molecule has 3 rings (SSSR count). The molecule has 1 saturated heterocycles. The van der Waals surface area contributed by atoms with Crippen LogP contribution in [0.15, 0.2) is 12.2 Å². The average Bonchev–Trinajstić information content (AvgIpc) is 2.50. The van der Waals surface area contributed by atoms with Gasteiger partial charge in [0.1, 0.15) is 0 Å². The molecule has 0 radical (unpaired) electrons. The number of hydrogen-bond acceptors (Lipinski definition) is 2. The number of allylic oxidation sites excluding steroid dienone is 2. The van der Waals surface area contributed by atoms with Crippen LogP contribution in [0.5, 0.6) is 0 Å². The fourth-order valence-electron chi connectivity index (χ4n) is 4.50. The van der Waals surface area contributed by atoms with Gasteiger partial charge in [-0.1, -0.05) is 31.9 Å². The van der Waals surface area contributed by atoms with Gasteiger partial charge in [-0.3, -0.25) is 4.90 Å². The molecule has 114 valence electrons. The maximum atomic E-state index is 2.81. The molecule has 1 heterocycles. The second-order valence-corrected chi connectivity index (χ2v) is 7.32. The van der Waals surface area contributed by atoms with Gasteiger partial charge < -0.3 is 4.90 Å². The highest BCUT2D eigenvalue weighted by molar-refractivity contribution is 4.92. The molecule has 0 amide bonds. The Kier molecular flexibility index (Phi) is 5.17. The van der Waals surface area contributed by atoms with Crippen LogP contribution in [0.4, 0.5) is 0 Å². The molecule has 0 aromatic rings. The molecule has 3 aliphatic rings. The molecule has 0 aromatic carbocycles. The van der Waals surface area contributed by atoms with E-state index in [1.54, 1.807) is 0 Å². The van der Waals surface area contributed by atoms with E-state index >= 15 is 0 Å². The van der Waals surface area contributed by atoms with E-state index in [9.17, 15) is 0 Å². The molecule has 1 saturated carbocycles. The van der Waals surface area contributed by atoms with E-state index in [1.165, 1.54) is 77.7 Å². The monoisotopic (exact) mass is 276 g/mol. The van der Waals surface area contributed by atoms with Gasteiger partial charge in [0.05, 0.1) is 0 Å². The van der Waals surface area contributed by atoms with Gasteiger partial charge >= 0.3 is 0 Å². The summed E-state index contributed by atoms with van der Waals surface area (Å²) < 4.78 is 0. The normalized spacial score (nSPS) is 37.1. The molecular formula is C18H32N2. The van der Waals surface area contributed by atoms with Crippen LogP contribution in [0, 0.1) is 11.8 Å². The van der Waals surface area contributed by atoms with Gasteiger partial charge in [0.15, 0.2) is 0 Å². The first-order valence-corrected chi connectivity index (χ1v) is 8.94. The topological polar surface area (TPSA) is 6.48 Å². The zero-order valence-corrected chi connectivity index (χ0v) is 13.3. The van der Waals surface area contributed by atoms with Gasteiger partial charge in [0, 0.05) is 38.8 Å². The third-order valence-corrected chi connectivity index (χ3v) is 5.84. The molecule has 0 N–H and O–H groups in total. The van der Waals surface area contributed by atoms with E-state index < -0.39 is 0 Å². The summed E-state index contributed by atoms with van der Waals surface area (Å²) in [5.74, 6) is 1.86. The molecule has 0 bridgehead atoms.